The third kappa shape index (κ3) is 3.14. The third-order valence-electron chi connectivity index (χ3n) is 4.50. The monoisotopic (exact) mass is 254 g/mol. The Morgan fingerprint density at radius 3 is 2.61 bits per heavy atom. The van der Waals surface area contributed by atoms with E-state index in [9.17, 15) is 0 Å². The van der Waals surface area contributed by atoms with E-state index in [2.05, 4.69) is 29.3 Å². The number of fused-ring (bicyclic) bond motifs is 2. The van der Waals surface area contributed by atoms with E-state index in [1.165, 1.54) is 32.1 Å². The molecule has 2 fully saturated rings. The second-order valence-corrected chi connectivity index (χ2v) is 5.94. The van der Waals surface area contributed by atoms with Crippen molar-refractivity contribution in [2.75, 3.05) is 7.05 Å². The number of nitrogens with one attached hydrogen (secondary N) is 1. The van der Waals surface area contributed by atoms with Crippen LogP contribution in [0.1, 0.15) is 45.4 Å². The van der Waals surface area contributed by atoms with Crippen LogP contribution in [0, 0.1) is 0 Å². The summed E-state index contributed by atoms with van der Waals surface area (Å²) in [6.45, 7) is 2.10. The summed E-state index contributed by atoms with van der Waals surface area (Å²) in [6.07, 6.45) is 7.12. The minimum atomic E-state index is 0.273. The molecule has 0 aromatic heterocycles. The van der Waals surface area contributed by atoms with Gasteiger partial charge in [0.15, 0.2) is 0 Å². The van der Waals surface area contributed by atoms with Gasteiger partial charge in [0.1, 0.15) is 5.84 Å². The van der Waals surface area contributed by atoms with Crippen molar-refractivity contribution in [3.8, 4) is 0 Å². The van der Waals surface area contributed by atoms with Crippen LogP contribution >= 0.6 is 0 Å². The minimum absolute atomic E-state index is 0.273. The molecule has 18 heavy (non-hydrogen) atoms. The summed E-state index contributed by atoms with van der Waals surface area (Å²) >= 11 is 0. The lowest BCUT2D eigenvalue weighted by molar-refractivity contribution is 0.0465. The van der Waals surface area contributed by atoms with Crippen molar-refractivity contribution in [1.82, 2.24) is 10.2 Å². The smallest absolute Gasteiger partial charge is 0.140 e. The molecular weight excluding hydrogens is 228 g/mol. The van der Waals surface area contributed by atoms with Crippen molar-refractivity contribution < 1.29 is 5.21 Å². The molecule has 0 spiro atoms. The first-order valence-corrected chi connectivity index (χ1v) is 7.04. The number of nitrogens with two attached hydrogens (primary N) is 1. The highest BCUT2D eigenvalue weighted by molar-refractivity contribution is 5.80. The molecule has 2 aliphatic heterocycles. The van der Waals surface area contributed by atoms with Crippen LogP contribution in [0.4, 0.5) is 0 Å². The Morgan fingerprint density at radius 2 is 2.06 bits per heavy atom. The summed E-state index contributed by atoms with van der Waals surface area (Å²) in [4.78, 5) is 2.57. The Labute approximate surface area is 109 Å². The van der Waals surface area contributed by atoms with Crippen LogP contribution in [-0.4, -0.2) is 47.2 Å². The summed E-state index contributed by atoms with van der Waals surface area (Å²) in [5.74, 6) is 0.308. The molecule has 2 rings (SSSR count). The lowest BCUT2D eigenvalue weighted by Crippen LogP contribution is -2.55. The number of rotatable bonds is 4. The van der Waals surface area contributed by atoms with E-state index < -0.39 is 0 Å². The van der Waals surface area contributed by atoms with Gasteiger partial charge in [0, 0.05) is 30.6 Å². The van der Waals surface area contributed by atoms with Gasteiger partial charge in [-0.15, -0.1) is 0 Å². The number of amidine groups is 1. The van der Waals surface area contributed by atoms with Gasteiger partial charge in [-0.1, -0.05) is 11.6 Å². The largest absolute Gasteiger partial charge is 0.409 e. The van der Waals surface area contributed by atoms with Crippen LogP contribution in [0.25, 0.3) is 0 Å². The van der Waals surface area contributed by atoms with Gasteiger partial charge >= 0.3 is 0 Å². The maximum absolute atomic E-state index is 8.58. The molecule has 3 atom stereocenters. The van der Waals surface area contributed by atoms with Gasteiger partial charge in [0.2, 0.25) is 0 Å². The molecule has 0 amide bonds. The fourth-order valence-electron chi connectivity index (χ4n) is 3.57. The van der Waals surface area contributed by atoms with E-state index in [0.717, 1.165) is 12.1 Å². The maximum atomic E-state index is 8.58. The van der Waals surface area contributed by atoms with E-state index in [1.807, 2.05) is 0 Å². The zero-order chi connectivity index (χ0) is 13.1. The fourth-order valence-corrected chi connectivity index (χ4v) is 3.57. The maximum Gasteiger partial charge on any atom is 0.140 e. The number of hydrogen-bond donors (Lipinski definition) is 3. The highest BCUT2D eigenvalue weighted by atomic mass is 16.4. The molecular formula is C13H26N4O. The van der Waals surface area contributed by atoms with Crippen molar-refractivity contribution in [2.45, 2.75) is 69.6 Å². The molecule has 2 bridgehead atoms. The first-order chi connectivity index (χ1) is 8.60. The van der Waals surface area contributed by atoms with Gasteiger partial charge in [-0.3, -0.25) is 0 Å². The summed E-state index contributed by atoms with van der Waals surface area (Å²) in [5, 5.41) is 15.3. The van der Waals surface area contributed by atoms with E-state index in [0.29, 0.717) is 18.3 Å². The molecule has 0 radical (unpaired) electrons. The van der Waals surface area contributed by atoms with Crippen LogP contribution in [0.2, 0.25) is 0 Å². The van der Waals surface area contributed by atoms with Crippen molar-refractivity contribution in [1.29, 1.82) is 0 Å². The van der Waals surface area contributed by atoms with E-state index >= 15 is 0 Å². The SMILES string of the molecule is CC(CC(N)=NO)NC1CC2CCCC(C1)N2C. The topological polar surface area (TPSA) is 73.9 Å². The predicted molar refractivity (Wildman–Crippen MR) is 72.8 cm³/mol. The van der Waals surface area contributed by atoms with Crippen LogP contribution in [0.5, 0.6) is 0 Å². The van der Waals surface area contributed by atoms with Gasteiger partial charge in [0.25, 0.3) is 0 Å². The average Bonchev–Trinajstić information content (AvgIpc) is 2.30. The second kappa shape index (κ2) is 5.89. The highest BCUT2D eigenvalue weighted by Gasteiger charge is 2.36. The molecule has 104 valence electrons. The molecule has 5 heteroatoms. The number of oxime groups is 1. The normalized spacial score (nSPS) is 35.4. The summed E-state index contributed by atoms with van der Waals surface area (Å²) in [5.41, 5.74) is 5.54. The molecule has 3 unspecified atom stereocenters. The van der Waals surface area contributed by atoms with Crippen molar-refractivity contribution >= 4 is 5.84 Å². The van der Waals surface area contributed by atoms with Crippen LogP contribution in [0.3, 0.4) is 0 Å². The van der Waals surface area contributed by atoms with Gasteiger partial charge in [-0.2, -0.15) is 0 Å². The second-order valence-electron chi connectivity index (χ2n) is 5.94. The number of piperidine rings is 2. The molecule has 5 nitrogen and oxygen atoms in total. The summed E-state index contributed by atoms with van der Waals surface area (Å²) in [7, 11) is 2.27. The van der Waals surface area contributed by atoms with E-state index in [1.54, 1.807) is 0 Å². The zero-order valence-electron chi connectivity index (χ0n) is 11.5. The summed E-state index contributed by atoms with van der Waals surface area (Å²) in [6, 6.07) is 2.34. The molecule has 0 aromatic rings. The highest BCUT2D eigenvalue weighted by Crippen LogP contribution is 2.32. The van der Waals surface area contributed by atoms with Crippen molar-refractivity contribution in [2.24, 2.45) is 10.9 Å². The first kappa shape index (κ1) is 13.6. The molecule has 2 saturated heterocycles. The minimum Gasteiger partial charge on any atom is -0.409 e. The Balaban J connectivity index is 1.84. The van der Waals surface area contributed by atoms with E-state index in [4.69, 9.17) is 10.9 Å². The lowest BCUT2D eigenvalue weighted by atomic mass is 9.82. The quantitative estimate of drug-likeness (QED) is 0.304. The molecule has 0 aromatic carbocycles. The number of hydrogen-bond acceptors (Lipinski definition) is 4. The van der Waals surface area contributed by atoms with Crippen LogP contribution in [0.15, 0.2) is 5.16 Å². The lowest BCUT2D eigenvalue weighted by Gasteiger charge is -2.47. The van der Waals surface area contributed by atoms with Crippen molar-refractivity contribution in [3.63, 3.8) is 0 Å². The molecule has 4 N–H and O–H groups in total. The third-order valence-corrected chi connectivity index (χ3v) is 4.50. The molecule has 2 aliphatic rings. The first-order valence-electron chi connectivity index (χ1n) is 7.04. The molecule has 0 aliphatic carbocycles. The van der Waals surface area contributed by atoms with Gasteiger partial charge in [-0.05, 0) is 39.7 Å². The van der Waals surface area contributed by atoms with Crippen LogP contribution in [-0.2, 0) is 0 Å². The zero-order valence-corrected chi connectivity index (χ0v) is 11.5. The van der Waals surface area contributed by atoms with E-state index in [-0.39, 0.29) is 6.04 Å². The van der Waals surface area contributed by atoms with Gasteiger partial charge in [-0.25, -0.2) is 0 Å². The van der Waals surface area contributed by atoms with Gasteiger partial charge in [0.05, 0.1) is 0 Å². The molecule has 2 heterocycles. The van der Waals surface area contributed by atoms with Crippen LogP contribution < -0.4 is 11.1 Å². The predicted octanol–water partition coefficient (Wildman–Crippen LogP) is 1.12. The standard InChI is InChI=1S/C13H26N4O/c1-9(6-13(14)16-18)15-10-7-11-4-3-5-12(8-10)17(11)2/h9-12,15,18H,3-8H2,1-2H3,(H2,14,16). The van der Waals surface area contributed by atoms with Gasteiger partial charge < -0.3 is 21.2 Å². The Hall–Kier alpha value is -0.810. The summed E-state index contributed by atoms with van der Waals surface area (Å²) < 4.78 is 0. The fraction of sp³-hybridized carbons (Fsp3) is 0.923. The Bertz CT molecular complexity index is 293. The average molecular weight is 254 g/mol. The molecule has 0 saturated carbocycles. The van der Waals surface area contributed by atoms with Crippen molar-refractivity contribution in [3.05, 3.63) is 0 Å². The number of nitrogens with zero attached hydrogens (tertiary/aromatic N) is 2. The Morgan fingerprint density at radius 1 is 1.44 bits per heavy atom. The Kier molecular flexibility index (Phi) is 4.45.